The van der Waals surface area contributed by atoms with Gasteiger partial charge in [-0.25, -0.2) is 8.42 Å². The monoisotopic (exact) mass is 231 g/mol. The topological polar surface area (TPSA) is 63.2 Å². The van der Waals surface area contributed by atoms with Gasteiger partial charge < -0.3 is 5.32 Å². The number of sulfone groups is 1. The molecule has 4 nitrogen and oxygen atoms in total. The van der Waals surface area contributed by atoms with E-state index in [9.17, 15) is 13.2 Å². The second-order valence-corrected chi connectivity index (χ2v) is 5.15. The van der Waals surface area contributed by atoms with Crippen LogP contribution in [0.15, 0.2) is 23.1 Å². The number of hydrogen-bond acceptors (Lipinski definition) is 4. The first-order valence-corrected chi connectivity index (χ1v) is 5.70. The second-order valence-electron chi connectivity index (χ2n) is 2.84. The van der Waals surface area contributed by atoms with Crippen molar-refractivity contribution in [3.05, 3.63) is 23.2 Å². The Labute approximate surface area is 85.8 Å². The van der Waals surface area contributed by atoms with Gasteiger partial charge in [0.2, 0.25) is 9.84 Å². The number of rotatable bonds is 0. The van der Waals surface area contributed by atoms with Crippen molar-refractivity contribution in [3.63, 3.8) is 0 Å². The molecule has 6 heteroatoms. The first-order chi connectivity index (χ1) is 6.53. The molecular formula is C8H6ClNO3S. The van der Waals surface area contributed by atoms with Gasteiger partial charge in [-0.1, -0.05) is 17.7 Å². The van der Waals surface area contributed by atoms with Gasteiger partial charge in [0, 0.05) is 0 Å². The van der Waals surface area contributed by atoms with E-state index < -0.39 is 15.0 Å². The fourth-order valence-electron chi connectivity index (χ4n) is 1.28. The minimum absolute atomic E-state index is 0.0405. The van der Waals surface area contributed by atoms with Crippen LogP contribution in [-0.4, -0.2) is 20.1 Å². The zero-order valence-corrected chi connectivity index (χ0v) is 8.52. The molecule has 14 heavy (non-hydrogen) atoms. The van der Waals surface area contributed by atoms with E-state index >= 15 is 0 Å². The minimum atomic E-state index is -3.83. The van der Waals surface area contributed by atoms with E-state index in [2.05, 4.69) is 5.32 Å². The highest BCUT2D eigenvalue weighted by molar-refractivity contribution is 8.06. The highest BCUT2D eigenvalue weighted by atomic mass is 35.5. The molecule has 1 N–H and O–H groups in total. The van der Waals surface area contributed by atoms with Crippen LogP contribution in [0.2, 0.25) is 5.02 Å². The number of halogens is 1. The molecule has 1 aromatic carbocycles. The van der Waals surface area contributed by atoms with Crippen molar-refractivity contribution >= 4 is 32.2 Å². The van der Waals surface area contributed by atoms with Crippen molar-refractivity contribution in [2.75, 3.05) is 11.9 Å². The lowest BCUT2D eigenvalue weighted by Crippen LogP contribution is -2.29. The number of anilines is 1. The number of fused-ring (bicyclic) bond motifs is 1. The molecule has 0 aliphatic carbocycles. The summed E-state index contributed by atoms with van der Waals surface area (Å²) in [6, 6.07) is 4.43. The number of nitrogens with one attached hydrogen (secondary N) is 1. The van der Waals surface area contributed by atoms with E-state index in [4.69, 9.17) is 11.6 Å². The lowest BCUT2D eigenvalue weighted by atomic mass is 10.3. The summed E-state index contributed by atoms with van der Waals surface area (Å²) in [4.78, 5) is 11.1. The molecule has 0 spiro atoms. The van der Waals surface area contributed by atoms with Gasteiger partial charge in [0.25, 0.3) is 5.12 Å². The van der Waals surface area contributed by atoms with Crippen LogP contribution in [0.25, 0.3) is 0 Å². The molecule has 0 fully saturated rings. The predicted molar refractivity (Wildman–Crippen MR) is 52.1 cm³/mol. The zero-order valence-electron chi connectivity index (χ0n) is 6.95. The normalized spacial score (nSPS) is 18.5. The Balaban J connectivity index is 2.78. The van der Waals surface area contributed by atoms with Crippen LogP contribution in [0.5, 0.6) is 0 Å². The molecule has 0 saturated heterocycles. The molecule has 0 bridgehead atoms. The maximum absolute atomic E-state index is 11.5. The number of carbonyl (C=O) groups is 1. The SMILES string of the molecule is O=C1CNc2c(Cl)cccc2S1(=O)=O. The van der Waals surface area contributed by atoms with Crippen molar-refractivity contribution in [2.45, 2.75) is 4.90 Å². The van der Waals surface area contributed by atoms with Gasteiger partial charge in [-0.15, -0.1) is 0 Å². The van der Waals surface area contributed by atoms with E-state index in [1.54, 1.807) is 6.07 Å². The molecule has 2 rings (SSSR count). The molecule has 1 aliphatic rings. The van der Waals surface area contributed by atoms with Crippen LogP contribution in [0.1, 0.15) is 0 Å². The van der Waals surface area contributed by atoms with Crippen molar-refractivity contribution in [1.82, 2.24) is 0 Å². The Morgan fingerprint density at radius 1 is 1.36 bits per heavy atom. The first kappa shape index (κ1) is 9.48. The van der Waals surface area contributed by atoms with Gasteiger partial charge in [-0.3, -0.25) is 4.79 Å². The van der Waals surface area contributed by atoms with Crippen molar-refractivity contribution in [1.29, 1.82) is 0 Å². The number of benzene rings is 1. The Kier molecular flexibility index (Phi) is 2.01. The summed E-state index contributed by atoms with van der Waals surface area (Å²) in [5.41, 5.74) is 0.314. The average molecular weight is 232 g/mol. The molecule has 0 aromatic heterocycles. The summed E-state index contributed by atoms with van der Waals surface area (Å²) in [7, 11) is -3.83. The van der Waals surface area contributed by atoms with Gasteiger partial charge in [0.1, 0.15) is 0 Å². The number of hydrogen-bond donors (Lipinski definition) is 1. The Hall–Kier alpha value is -1.07. The Bertz CT molecular complexity index is 509. The van der Waals surface area contributed by atoms with Crippen molar-refractivity contribution in [2.24, 2.45) is 0 Å². The summed E-state index contributed by atoms with van der Waals surface area (Å²) in [5, 5.41) is 2.15. The van der Waals surface area contributed by atoms with Crippen molar-refractivity contribution < 1.29 is 13.2 Å². The number of carbonyl (C=O) groups excluding carboxylic acids is 1. The molecule has 1 aromatic rings. The molecule has 0 unspecified atom stereocenters. The first-order valence-electron chi connectivity index (χ1n) is 3.84. The van der Waals surface area contributed by atoms with Crippen LogP contribution in [0.3, 0.4) is 0 Å². The lowest BCUT2D eigenvalue weighted by molar-refractivity contribution is -0.110. The highest BCUT2D eigenvalue weighted by Gasteiger charge is 2.32. The van der Waals surface area contributed by atoms with E-state index in [1.165, 1.54) is 12.1 Å². The quantitative estimate of drug-likeness (QED) is 0.726. The van der Waals surface area contributed by atoms with Crippen LogP contribution < -0.4 is 5.32 Å². The maximum Gasteiger partial charge on any atom is 0.270 e. The Morgan fingerprint density at radius 3 is 2.79 bits per heavy atom. The minimum Gasteiger partial charge on any atom is -0.375 e. The average Bonchev–Trinajstić information content (AvgIpc) is 2.13. The number of para-hydroxylation sites is 1. The molecule has 0 saturated carbocycles. The second kappa shape index (κ2) is 2.96. The van der Waals surface area contributed by atoms with Crippen LogP contribution >= 0.6 is 11.6 Å². The largest absolute Gasteiger partial charge is 0.375 e. The summed E-state index contributed by atoms with van der Waals surface area (Å²) < 4.78 is 23.0. The highest BCUT2D eigenvalue weighted by Crippen LogP contribution is 2.32. The third-order valence-electron chi connectivity index (χ3n) is 1.97. The van der Waals surface area contributed by atoms with E-state index in [1.807, 2.05) is 0 Å². The fourth-order valence-corrected chi connectivity index (χ4v) is 2.79. The molecular weight excluding hydrogens is 226 g/mol. The zero-order chi connectivity index (χ0) is 10.3. The van der Waals surface area contributed by atoms with Gasteiger partial charge >= 0.3 is 0 Å². The van der Waals surface area contributed by atoms with Gasteiger partial charge in [0.15, 0.2) is 0 Å². The molecule has 74 valence electrons. The van der Waals surface area contributed by atoms with Gasteiger partial charge in [-0.05, 0) is 12.1 Å². The van der Waals surface area contributed by atoms with E-state index in [-0.39, 0.29) is 11.4 Å². The maximum atomic E-state index is 11.5. The molecule has 0 amide bonds. The summed E-state index contributed by atoms with van der Waals surface area (Å²) in [5.74, 6) is 0. The molecule has 1 aliphatic heterocycles. The van der Waals surface area contributed by atoms with Crippen LogP contribution in [0, 0.1) is 0 Å². The smallest absolute Gasteiger partial charge is 0.270 e. The standard InChI is InChI=1S/C8H6ClNO3S/c9-5-2-1-3-6-8(5)10-4-7(11)14(6,12)13/h1-3,10H,4H2. The van der Waals surface area contributed by atoms with E-state index in [0.29, 0.717) is 10.7 Å². The fraction of sp³-hybridized carbons (Fsp3) is 0.125. The van der Waals surface area contributed by atoms with Gasteiger partial charge in [0.05, 0.1) is 22.2 Å². The third kappa shape index (κ3) is 1.20. The van der Waals surface area contributed by atoms with Crippen molar-refractivity contribution in [3.8, 4) is 0 Å². The predicted octanol–water partition coefficient (Wildman–Crippen LogP) is 1.07. The van der Waals surface area contributed by atoms with Crippen LogP contribution in [0.4, 0.5) is 5.69 Å². The molecule has 0 atom stereocenters. The third-order valence-corrected chi connectivity index (χ3v) is 3.95. The summed E-state index contributed by atoms with van der Waals surface area (Å²) >= 11 is 5.78. The van der Waals surface area contributed by atoms with E-state index in [0.717, 1.165) is 0 Å². The summed E-state index contributed by atoms with van der Waals surface area (Å²) in [6.07, 6.45) is 0. The molecule has 0 radical (unpaired) electrons. The van der Waals surface area contributed by atoms with Crippen LogP contribution in [-0.2, 0) is 14.6 Å². The van der Waals surface area contributed by atoms with Gasteiger partial charge in [-0.2, -0.15) is 0 Å². The molecule has 1 heterocycles. The summed E-state index contributed by atoms with van der Waals surface area (Å²) in [6.45, 7) is -0.223. The lowest BCUT2D eigenvalue weighted by Gasteiger charge is -2.17. The Morgan fingerprint density at radius 2 is 2.07 bits per heavy atom.